The van der Waals surface area contributed by atoms with Gasteiger partial charge < -0.3 is 9.64 Å². The van der Waals surface area contributed by atoms with Crippen molar-refractivity contribution >= 4 is 17.8 Å². The van der Waals surface area contributed by atoms with Crippen LogP contribution in [0.25, 0.3) is 0 Å². The number of benzene rings is 2. The monoisotopic (exact) mass is 379 g/mol. The number of rotatable bonds is 4. The Morgan fingerprint density at radius 3 is 2.61 bits per heavy atom. The van der Waals surface area contributed by atoms with Gasteiger partial charge in [-0.2, -0.15) is 5.10 Å². The highest BCUT2D eigenvalue weighted by Gasteiger charge is 2.34. The summed E-state index contributed by atoms with van der Waals surface area (Å²) in [7, 11) is 3.76. The van der Waals surface area contributed by atoms with Gasteiger partial charge in [-0.3, -0.25) is 4.79 Å². The van der Waals surface area contributed by atoms with Crippen LogP contribution in [0.1, 0.15) is 60.2 Å². The second-order valence-corrected chi connectivity index (χ2v) is 8.17. The minimum atomic E-state index is -0.246. The standard InChI is InChI=1S/C23H29N3O2/c1-15-11-21-20(16(2)13-23(3,4)26(21)5)12-18(15)14-24-25-22(27)17-7-9-19(28-6)10-8-17/h7-12,14,16H,13H2,1-6H3,(H,25,27)/b24-14-/t16-/m1/s1. The molecule has 0 bridgehead atoms. The van der Waals surface area contributed by atoms with Gasteiger partial charge in [-0.15, -0.1) is 0 Å². The molecule has 5 nitrogen and oxygen atoms in total. The van der Waals surface area contributed by atoms with Crippen LogP contribution < -0.4 is 15.1 Å². The molecule has 0 saturated heterocycles. The number of methoxy groups -OCH3 is 1. The zero-order valence-electron chi connectivity index (χ0n) is 17.5. The molecule has 28 heavy (non-hydrogen) atoms. The highest BCUT2D eigenvalue weighted by Crippen LogP contribution is 2.43. The average molecular weight is 380 g/mol. The van der Waals surface area contributed by atoms with E-state index in [0.29, 0.717) is 17.2 Å². The molecule has 0 radical (unpaired) electrons. The van der Waals surface area contributed by atoms with Crippen LogP contribution in [0.5, 0.6) is 5.75 Å². The summed E-state index contributed by atoms with van der Waals surface area (Å²) in [5.41, 5.74) is 8.05. The van der Waals surface area contributed by atoms with E-state index >= 15 is 0 Å². The summed E-state index contributed by atoms with van der Waals surface area (Å²) in [6.07, 6.45) is 2.83. The molecule has 0 aromatic heterocycles. The third-order valence-electron chi connectivity index (χ3n) is 5.74. The van der Waals surface area contributed by atoms with E-state index in [0.717, 1.165) is 17.5 Å². The molecular formula is C23H29N3O2. The van der Waals surface area contributed by atoms with Gasteiger partial charge in [-0.25, -0.2) is 5.43 Å². The van der Waals surface area contributed by atoms with E-state index in [4.69, 9.17) is 4.74 Å². The molecule has 1 aliphatic heterocycles. The molecule has 1 aliphatic rings. The fourth-order valence-corrected chi connectivity index (χ4v) is 3.84. The average Bonchev–Trinajstić information content (AvgIpc) is 2.66. The van der Waals surface area contributed by atoms with Gasteiger partial charge in [-0.05, 0) is 86.2 Å². The Labute approximate surface area is 167 Å². The highest BCUT2D eigenvalue weighted by molar-refractivity contribution is 5.95. The maximum atomic E-state index is 12.2. The molecule has 5 heteroatoms. The van der Waals surface area contributed by atoms with Crippen LogP contribution in [0.15, 0.2) is 41.5 Å². The predicted molar refractivity (Wildman–Crippen MR) is 115 cm³/mol. The number of anilines is 1. The summed E-state index contributed by atoms with van der Waals surface area (Å²) in [4.78, 5) is 14.6. The summed E-state index contributed by atoms with van der Waals surface area (Å²) < 4.78 is 5.11. The van der Waals surface area contributed by atoms with Crippen molar-refractivity contribution in [1.29, 1.82) is 0 Å². The zero-order chi connectivity index (χ0) is 20.5. The molecule has 0 saturated carbocycles. The largest absolute Gasteiger partial charge is 0.497 e. The van der Waals surface area contributed by atoms with E-state index in [1.165, 1.54) is 11.3 Å². The van der Waals surface area contributed by atoms with E-state index < -0.39 is 0 Å². The first kappa shape index (κ1) is 19.9. The number of ether oxygens (including phenoxy) is 1. The molecule has 0 spiro atoms. The Hall–Kier alpha value is -2.82. The Morgan fingerprint density at radius 1 is 1.29 bits per heavy atom. The summed E-state index contributed by atoms with van der Waals surface area (Å²) >= 11 is 0. The summed E-state index contributed by atoms with van der Waals surface area (Å²) in [5.74, 6) is 0.944. The summed E-state index contributed by atoms with van der Waals surface area (Å²) in [6.45, 7) is 8.92. The van der Waals surface area contributed by atoms with Gasteiger partial charge in [0.2, 0.25) is 0 Å². The van der Waals surface area contributed by atoms with Crippen molar-refractivity contribution in [3.05, 3.63) is 58.7 Å². The maximum absolute atomic E-state index is 12.2. The van der Waals surface area contributed by atoms with Gasteiger partial charge in [0.15, 0.2) is 0 Å². The summed E-state index contributed by atoms with van der Waals surface area (Å²) in [6, 6.07) is 11.4. The van der Waals surface area contributed by atoms with E-state index in [9.17, 15) is 4.79 Å². The Kier molecular flexibility index (Phi) is 5.45. The second kappa shape index (κ2) is 7.66. The number of hydrogen-bond acceptors (Lipinski definition) is 4. The molecule has 148 valence electrons. The number of carbonyl (C=O) groups excluding carboxylic acids is 1. The molecular weight excluding hydrogens is 350 g/mol. The quantitative estimate of drug-likeness (QED) is 0.629. The Balaban J connectivity index is 1.77. The van der Waals surface area contributed by atoms with Gasteiger partial charge in [-0.1, -0.05) is 6.92 Å². The van der Waals surface area contributed by atoms with Gasteiger partial charge >= 0.3 is 0 Å². The fraction of sp³-hybridized carbons (Fsp3) is 0.391. The normalized spacial score (nSPS) is 18.1. The third-order valence-corrected chi connectivity index (χ3v) is 5.74. The van der Waals surface area contributed by atoms with E-state index in [1.54, 1.807) is 37.6 Å². The number of aryl methyl sites for hydroxylation is 1. The van der Waals surface area contributed by atoms with Crippen molar-refractivity contribution in [3.8, 4) is 5.75 Å². The van der Waals surface area contributed by atoms with Crippen molar-refractivity contribution in [1.82, 2.24) is 5.43 Å². The third kappa shape index (κ3) is 3.88. The molecule has 2 aromatic carbocycles. The van der Waals surface area contributed by atoms with Gasteiger partial charge in [0, 0.05) is 23.8 Å². The van der Waals surface area contributed by atoms with Crippen molar-refractivity contribution in [3.63, 3.8) is 0 Å². The molecule has 1 N–H and O–H groups in total. The second-order valence-electron chi connectivity index (χ2n) is 8.17. The number of nitrogens with zero attached hydrogens (tertiary/aromatic N) is 2. The number of hydrogen-bond donors (Lipinski definition) is 1. The predicted octanol–water partition coefficient (Wildman–Crippen LogP) is 4.49. The zero-order valence-corrected chi connectivity index (χ0v) is 17.5. The molecule has 3 rings (SSSR count). The number of fused-ring (bicyclic) bond motifs is 1. The van der Waals surface area contributed by atoms with Crippen LogP contribution >= 0.6 is 0 Å². The maximum Gasteiger partial charge on any atom is 0.271 e. The molecule has 1 amide bonds. The van der Waals surface area contributed by atoms with Crippen LogP contribution in [-0.4, -0.2) is 31.8 Å². The van der Waals surface area contributed by atoms with Crippen LogP contribution in [0.2, 0.25) is 0 Å². The van der Waals surface area contributed by atoms with Crippen LogP contribution in [-0.2, 0) is 0 Å². The number of amides is 1. The minimum absolute atomic E-state index is 0.140. The topological polar surface area (TPSA) is 53.9 Å². The Bertz CT molecular complexity index is 901. The van der Waals surface area contributed by atoms with Crippen LogP contribution in [0, 0.1) is 6.92 Å². The molecule has 1 atom stereocenters. The van der Waals surface area contributed by atoms with Crippen molar-refractivity contribution in [2.75, 3.05) is 19.1 Å². The minimum Gasteiger partial charge on any atom is -0.497 e. The van der Waals surface area contributed by atoms with Crippen molar-refractivity contribution in [2.45, 2.75) is 45.6 Å². The van der Waals surface area contributed by atoms with E-state index in [2.05, 4.69) is 62.3 Å². The molecule has 1 heterocycles. The Morgan fingerprint density at radius 2 is 1.96 bits per heavy atom. The van der Waals surface area contributed by atoms with Crippen LogP contribution in [0.3, 0.4) is 0 Å². The molecule has 0 aliphatic carbocycles. The van der Waals surface area contributed by atoms with E-state index in [-0.39, 0.29) is 11.4 Å². The van der Waals surface area contributed by atoms with Gasteiger partial charge in [0.1, 0.15) is 5.75 Å². The molecule has 0 unspecified atom stereocenters. The first-order chi connectivity index (χ1) is 13.2. The van der Waals surface area contributed by atoms with Crippen LogP contribution in [0.4, 0.5) is 5.69 Å². The lowest BCUT2D eigenvalue weighted by molar-refractivity contribution is 0.0955. The lowest BCUT2D eigenvalue weighted by Crippen LogP contribution is -2.45. The summed E-state index contributed by atoms with van der Waals surface area (Å²) in [5, 5.41) is 4.17. The first-order valence-electron chi connectivity index (χ1n) is 9.59. The first-order valence-corrected chi connectivity index (χ1v) is 9.59. The number of carbonyl (C=O) groups is 1. The molecule has 2 aromatic rings. The van der Waals surface area contributed by atoms with Crippen molar-refractivity contribution in [2.24, 2.45) is 5.10 Å². The molecule has 0 fully saturated rings. The number of hydrazone groups is 1. The van der Waals surface area contributed by atoms with Gasteiger partial charge in [0.25, 0.3) is 5.91 Å². The van der Waals surface area contributed by atoms with Gasteiger partial charge in [0.05, 0.1) is 13.3 Å². The lowest BCUT2D eigenvalue weighted by atomic mass is 9.79. The van der Waals surface area contributed by atoms with E-state index in [1.807, 2.05) is 0 Å². The fourth-order valence-electron chi connectivity index (χ4n) is 3.84. The SMILES string of the molecule is COc1ccc(C(=O)N/N=C\c2cc3c(cc2C)N(C)C(C)(C)C[C@H]3C)cc1. The van der Waals surface area contributed by atoms with Crippen molar-refractivity contribution < 1.29 is 9.53 Å². The lowest BCUT2D eigenvalue weighted by Gasteiger charge is -2.45. The smallest absolute Gasteiger partial charge is 0.271 e. The number of nitrogens with one attached hydrogen (secondary N) is 1. The highest BCUT2D eigenvalue weighted by atomic mass is 16.5.